The summed E-state index contributed by atoms with van der Waals surface area (Å²) in [4.78, 5) is 24.4. The number of fused-ring (bicyclic) bond motifs is 1. The summed E-state index contributed by atoms with van der Waals surface area (Å²) in [5, 5.41) is 14.8. The standard InChI is InChI=1S/C23H24N4O3/c1-16(24)23(17(2)25-19-9-4-3-5-10-19)26-21(28)15-30-22(29)14-27-13-12-18-8-6-7-11-20(18)27/h3-13,24-25H,14-15H2,1-2H3,(H,26,28)/b23-17+,24-16?. The van der Waals surface area contributed by atoms with E-state index in [4.69, 9.17) is 10.1 Å². The van der Waals surface area contributed by atoms with Crippen LogP contribution in [0, 0.1) is 5.41 Å². The highest BCUT2D eigenvalue weighted by atomic mass is 16.5. The van der Waals surface area contributed by atoms with E-state index >= 15 is 0 Å². The van der Waals surface area contributed by atoms with Crippen molar-refractivity contribution in [1.29, 1.82) is 5.41 Å². The zero-order valence-corrected chi connectivity index (χ0v) is 16.9. The molecule has 0 aliphatic rings. The topological polar surface area (TPSA) is 96.2 Å². The number of nitrogens with one attached hydrogen (secondary N) is 3. The number of hydrogen-bond acceptors (Lipinski definition) is 5. The third-order valence-corrected chi connectivity index (χ3v) is 4.46. The molecular weight excluding hydrogens is 380 g/mol. The van der Waals surface area contributed by atoms with Crippen LogP contribution in [0.5, 0.6) is 0 Å². The number of amides is 1. The van der Waals surface area contributed by atoms with E-state index in [1.165, 1.54) is 0 Å². The molecule has 0 radical (unpaired) electrons. The van der Waals surface area contributed by atoms with Gasteiger partial charge in [-0.2, -0.15) is 0 Å². The Labute approximate surface area is 174 Å². The van der Waals surface area contributed by atoms with Crippen molar-refractivity contribution in [2.45, 2.75) is 20.4 Å². The Kier molecular flexibility index (Phi) is 6.64. The number of carbonyl (C=O) groups is 2. The number of para-hydroxylation sites is 2. The quantitative estimate of drug-likeness (QED) is 0.394. The van der Waals surface area contributed by atoms with Crippen molar-refractivity contribution in [3.8, 4) is 0 Å². The number of nitrogens with zero attached hydrogens (tertiary/aromatic N) is 1. The van der Waals surface area contributed by atoms with Crippen LogP contribution < -0.4 is 10.6 Å². The Hall–Kier alpha value is -3.87. The molecule has 0 unspecified atom stereocenters. The largest absolute Gasteiger partial charge is 0.454 e. The molecule has 0 fully saturated rings. The normalized spacial score (nSPS) is 11.5. The van der Waals surface area contributed by atoms with E-state index in [0.29, 0.717) is 11.4 Å². The molecule has 0 spiro atoms. The number of carbonyl (C=O) groups excluding carboxylic acids is 2. The third-order valence-electron chi connectivity index (χ3n) is 4.46. The lowest BCUT2D eigenvalue weighted by Crippen LogP contribution is -2.32. The maximum atomic E-state index is 12.3. The molecule has 1 amide bonds. The number of hydrogen-bond donors (Lipinski definition) is 3. The molecule has 30 heavy (non-hydrogen) atoms. The predicted molar refractivity (Wildman–Crippen MR) is 117 cm³/mol. The zero-order chi connectivity index (χ0) is 21.5. The van der Waals surface area contributed by atoms with Crippen LogP contribution in [-0.4, -0.2) is 28.8 Å². The van der Waals surface area contributed by atoms with Gasteiger partial charge in [-0.3, -0.25) is 9.59 Å². The first-order chi connectivity index (χ1) is 14.4. The Morgan fingerprint density at radius 2 is 1.70 bits per heavy atom. The molecule has 3 N–H and O–H groups in total. The summed E-state index contributed by atoms with van der Waals surface area (Å²) in [5.74, 6) is -1.01. The summed E-state index contributed by atoms with van der Waals surface area (Å²) in [6.45, 7) is 2.94. The van der Waals surface area contributed by atoms with Gasteiger partial charge in [0.2, 0.25) is 0 Å². The van der Waals surface area contributed by atoms with Crippen molar-refractivity contribution in [3.05, 3.63) is 78.3 Å². The van der Waals surface area contributed by atoms with Gasteiger partial charge in [0.15, 0.2) is 6.61 Å². The summed E-state index contributed by atoms with van der Waals surface area (Å²) in [7, 11) is 0. The maximum absolute atomic E-state index is 12.3. The second-order valence-corrected chi connectivity index (χ2v) is 6.83. The van der Waals surface area contributed by atoms with Crippen molar-refractivity contribution >= 4 is 34.2 Å². The van der Waals surface area contributed by atoms with Gasteiger partial charge in [-0.1, -0.05) is 36.4 Å². The summed E-state index contributed by atoms with van der Waals surface area (Å²) in [5.41, 5.74) is 2.91. The highest BCUT2D eigenvalue weighted by Crippen LogP contribution is 2.15. The SMILES string of the molecule is CC(=N)/C(NC(=O)COC(=O)Cn1ccc2ccccc21)=C(/C)Nc1ccccc1. The molecule has 0 atom stereocenters. The molecular formula is C23H24N4O3. The highest BCUT2D eigenvalue weighted by molar-refractivity contribution is 6.00. The number of rotatable bonds is 8. The Morgan fingerprint density at radius 3 is 2.43 bits per heavy atom. The second kappa shape index (κ2) is 9.56. The molecule has 7 heteroatoms. The minimum atomic E-state index is -0.511. The smallest absolute Gasteiger partial charge is 0.326 e. The number of ether oxygens (including phenoxy) is 1. The van der Waals surface area contributed by atoms with Crippen molar-refractivity contribution in [2.24, 2.45) is 0 Å². The van der Waals surface area contributed by atoms with Gasteiger partial charge in [0.25, 0.3) is 5.91 Å². The first-order valence-corrected chi connectivity index (χ1v) is 9.52. The van der Waals surface area contributed by atoms with E-state index in [1.807, 2.05) is 66.9 Å². The van der Waals surface area contributed by atoms with Crippen LogP contribution in [0.25, 0.3) is 10.9 Å². The lowest BCUT2D eigenvalue weighted by atomic mass is 10.2. The number of aromatic nitrogens is 1. The second-order valence-electron chi connectivity index (χ2n) is 6.83. The molecule has 7 nitrogen and oxygen atoms in total. The minimum Gasteiger partial charge on any atom is -0.454 e. The van der Waals surface area contributed by atoms with Gasteiger partial charge in [-0.15, -0.1) is 0 Å². The van der Waals surface area contributed by atoms with Crippen LogP contribution in [-0.2, 0) is 20.9 Å². The van der Waals surface area contributed by atoms with Crippen molar-refractivity contribution in [1.82, 2.24) is 9.88 Å². The molecule has 0 saturated heterocycles. The van der Waals surface area contributed by atoms with Gasteiger partial charge in [-0.25, -0.2) is 0 Å². The average Bonchev–Trinajstić information content (AvgIpc) is 3.14. The van der Waals surface area contributed by atoms with Crippen LogP contribution in [0.15, 0.2) is 78.3 Å². The first-order valence-electron chi connectivity index (χ1n) is 9.52. The van der Waals surface area contributed by atoms with E-state index in [0.717, 1.165) is 16.6 Å². The number of benzene rings is 2. The van der Waals surface area contributed by atoms with Crippen molar-refractivity contribution in [2.75, 3.05) is 11.9 Å². The number of esters is 1. The molecule has 3 rings (SSSR count). The Morgan fingerprint density at radius 1 is 1.00 bits per heavy atom. The van der Waals surface area contributed by atoms with Crippen LogP contribution in [0.3, 0.4) is 0 Å². The van der Waals surface area contributed by atoms with E-state index < -0.39 is 18.5 Å². The van der Waals surface area contributed by atoms with Gasteiger partial charge in [-0.05, 0) is 43.5 Å². The molecule has 1 heterocycles. The van der Waals surface area contributed by atoms with Crippen LogP contribution in [0.4, 0.5) is 5.69 Å². The van der Waals surface area contributed by atoms with Gasteiger partial charge < -0.3 is 25.3 Å². The van der Waals surface area contributed by atoms with Gasteiger partial charge in [0, 0.05) is 23.1 Å². The van der Waals surface area contributed by atoms with Gasteiger partial charge in [0.05, 0.1) is 11.4 Å². The molecule has 1 aromatic heterocycles. The molecule has 0 bridgehead atoms. The Balaban J connectivity index is 1.57. The lowest BCUT2D eigenvalue weighted by Gasteiger charge is -2.15. The molecule has 2 aromatic carbocycles. The van der Waals surface area contributed by atoms with E-state index in [-0.39, 0.29) is 12.3 Å². The lowest BCUT2D eigenvalue weighted by molar-refractivity contribution is -0.148. The maximum Gasteiger partial charge on any atom is 0.326 e. The third kappa shape index (κ3) is 5.35. The van der Waals surface area contributed by atoms with E-state index in [1.54, 1.807) is 18.4 Å². The summed E-state index contributed by atoms with van der Waals surface area (Å²) >= 11 is 0. The molecule has 3 aromatic rings. The fourth-order valence-electron chi connectivity index (χ4n) is 3.05. The average molecular weight is 404 g/mol. The molecule has 0 saturated carbocycles. The van der Waals surface area contributed by atoms with Crippen LogP contribution in [0.1, 0.15) is 13.8 Å². The van der Waals surface area contributed by atoms with Crippen LogP contribution in [0.2, 0.25) is 0 Å². The number of anilines is 1. The van der Waals surface area contributed by atoms with Gasteiger partial charge in [0.1, 0.15) is 6.54 Å². The highest BCUT2D eigenvalue weighted by Gasteiger charge is 2.14. The molecule has 0 aliphatic heterocycles. The van der Waals surface area contributed by atoms with Gasteiger partial charge >= 0.3 is 5.97 Å². The first kappa shape index (κ1) is 20.9. The number of allylic oxidation sites excluding steroid dienone is 2. The summed E-state index contributed by atoms with van der Waals surface area (Å²) in [6, 6.07) is 19.1. The summed E-state index contributed by atoms with van der Waals surface area (Å²) < 4.78 is 6.89. The molecule has 154 valence electrons. The Bertz CT molecular complexity index is 1100. The predicted octanol–water partition coefficient (Wildman–Crippen LogP) is 3.68. The fraction of sp³-hybridized carbons (Fsp3) is 0.174. The van der Waals surface area contributed by atoms with Crippen LogP contribution >= 0.6 is 0 Å². The van der Waals surface area contributed by atoms with E-state index in [2.05, 4.69) is 10.6 Å². The molecule has 0 aliphatic carbocycles. The van der Waals surface area contributed by atoms with E-state index in [9.17, 15) is 9.59 Å². The monoisotopic (exact) mass is 404 g/mol. The fourth-order valence-corrected chi connectivity index (χ4v) is 3.05. The zero-order valence-electron chi connectivity index (χ0n) is 16.9. The summed E-state index contributed by atoms with van der Waals surface area (Å²) in [6.07, 6.45) is 1.81. The minimum absolute atomic E-state index is 0.0156. The van der Waals surface area contributed by atoms with Crippen molar-refractivity contribution in [3.63, 3.8) is 0 Å². The van der Waals surface area contributed by atoms with Crippen molar-refractivity contribution < 1.29 is 14.3 Å².